The molecule has 0 aliphatic carbocycles. The summed E-state index contributed by atoms with van der Waals surface area (Å²) in [7, 11) is -0.656. The third-order valence-electron chi connectivity index (χ3n) is 1.03. The van der Waals surface area contributed by atoms with E-state index in [1.54, 1.807) is 11.4 Å². The highest BCUT2D eigenvalue weighted by atomic mass is 32.2. The van der Waals surface area contributed by atoms with Crippen molar-refractivity contribution in [3.63, 3.8) is 0 Å². The van der Waals surface area contributed by atoms with E-state index in [2.05, 4.69) is 5.25 Å². The van der Waals surface area contributed by atoms with Gasteiger partial charge in [-0.15, -0.1) is 0 Å². The lowest BCUT2D eigenvalue weighted by atomic mass is 10.5. The second kappa shape index (κ2) is 2.54. The van der Waals surface area contributed by atoms with Crippen molar-refractivity contribution in [2.24, 2.45) is 0 Å². The molecule has 0 saturated heterocycles. The molecule has 0 fully saturated rings. The van der Waals surface area contributed by atoms with Crippen LogP contribution in [0, 0.1) is 11.7 Å². The first-order valence-electron chi connectivity index (χ1n) is 2.55. The summed E-state index contributed by atoms with van der Waals surface area (Å²) in [5.41, 5.74) is 0. The van der Waals surface area contributed by atoms with E-state index in [0.717, 1.165) is 0 Å². The molecular formula is C7H4O2S. The van der Waals surface area contributed by atoms with Crippen molar-refractivity contribution in [2.75, 3.05) is 0 Å². The summed E-state index contributed by atoms with van der Waals surface area (Å²) < 4.78 is 0. The molecule has 1 rings (SSSR count). The van der Waals surface area contributed by atoms with Gasteiger partial charge in [-0.2, -0.15) is 0 Å². The van der Waals surface area contributed by atoms with Gasteiger partial charge in [-0.3, -0.25) is 0 Å². The highest BCUT2D eigenvalue weighted by Crippen LogP contribution is 2.21. The molecule has 0 aliphatic rings. The molecule has 10 heavy (non-hydrogen) atoms. The lowest BCUT2D eigenvalue weighted by Gasteiger charge is -1.88. The van der Waals surface area contributed by atoms with E-state index in [9.17, 15) is 9.90 Å². The van der Waals surface area contributed by atoms with Crippen LogP contribution < -0.4 is 5.11 Å². The predicted octanol–water partition coefficient (Wildman–Crippen LogP) is 0.238. The third kappa shape index (κ3) is 1.02. The number of rotatable bonds is 1. The molecule has 0 saturated carbocycles. The summed E-state index contributed by atoms with van der Waals surface area (Å²) in [6, 6.07) is 3.10. The van der Waals surface area contributed by atoms with Gasteiger partial charge in [0.15, 0.2) is 10.6 Å². The van der Waals surface area contributed by atoms with Gasteiger partial charge in [0.2, 0.25) is 4.88 Å². The Morgan fingerprint density at radius 3 is 2.90 bits per heavy atom. The molecule has 50 valence electrons. The van der Waals surface area contributed by atoms with Gasteiger partial charge in [-0.25, -0.2) is 0 Å². The van der Waals surface area contributed by atoms with Crippen LogP contribution in [0.1, 0.15) is 9.67 Å². The number of terminal acetylenes is 1. The monoisotopic (exact) mass is 152 g/mol. The van der Waals surface area contributed by atoms with Gasteiger partial charge >= 0.3 is 0 Å². The van der Waals surface area contributed by atoms with Crippen LogP contribution in [-0.2, 0) is 0 Å². The summed E-state index contributed by atoms with van der Waals surface area (Å²) in [6.07, 6.45) is 5.04. The van der Waals surface area contributed by atoms with Gasteiger partial charge in [0, 0.05) is 6.07 Å². The quantitative estimate of drug-likeness (QED) is 0.427. The van der Waals surface area contributed by atoms with E-state index in [0.29, 0.717) is 0 Å². The predicted molar refractivity (Wildman–Crippen MR) is 37.5 cm³/mol. The zero-order chi connectivity index (χ0) is 7.56. The number of thiophene rings is 1. The Bertz CT molecular complexity index is 293. The average molecular weight is 152 g/mol. The fourth-order valence-corrected chi connectivity index (χ4v) is 1.61. The van der Waals surface area contributed by atoms with Crippen molar-refractivity contribution in [1.29, 1.82) is 0 Å². The summed E-state index contributed by atoms with van der Waals surface area (Å²) in [5, 5.41) is 14.3. The second-order valence-corrected chi connectivity index (χ2v) is 3.23. The van der Waals surface area contributed by atoms with Gasteiger partial charge in [0.1, 0.15) is 5.97 Å². The molecule has 1 atom stereocenters. The van der Waals surface area contributed by atoms with Gasteiger partial charge in [-0.1, -0.05) is 6.42 Å². The molecule has 0 amide bonds. The van der Waals surface area contributed by atoms with Crippen molar-refractivity contribution in [1.82, 2.24) is 0 Å². The van der Waals surface area contributed by atoms with Crippen LogP contribution >= 0.6 is 10.5 Å². The molecule has 0 radical (unpaired) electrons. The molecule has 2 nitrogen and oxygen atoms in total. The lowest BCUT2D eigenvalue weighted by Crippen LogP contribution is -2.21. The van der Waals surface area contributed by atoms with E-state index in [1.807, 2.05) is 0 Å². The number of hydrogen-bond donors (Lipinski definition) is 0. The Morgan fingerprint density at radius 1 is 1.80 bits per heavy atom. The van der Waals surface area contributed by atoms with Crippen LogP contribution in [-0.4, -0.2) is 5.97 Å². The topological polar surface area (TPSA) is 40.1 Å². The first-order valence-corrected chi connectivity index (χ1v) is 3.83. The maximum Gasteiger partial charge on any atom is 0.211 e. The van der Waals surface area contributed by atoms with E-state index < -0.39 is 16.4 Å². The van der Waals surface area contributed by atoms with Crippen molar-refractivity contribution in [3.05, 3.63) is 22.4 Å². The van der Waals surface area contributed by atoms with Crippen LogP contribution in [0.2, 0.25) is 0 Å². The van der Waals surface area contributed by atoms with Crippen LogP contribution in [0.3, 0.4) is 0 Å². The zero-order valence-corrected chi connectivity index (χ0v) is 5.85. The minimum Gasteiger partial charge on any atom is -0.540 e. The molecular weight excluding hydrogens is 148 g/mol. The van der Waals surface area contributed by atoms with Crippen molar-refractivity contribution in [2.45, 2.75) is 0 Å². The minimum absolute atomic E-state index is 0.197. The second-order valence-electron chi connectivity index (χ2n) is 1.60. The molecule has 0 spiro atoms. The maximum atomic E-state index is 10.3. The van der Waals surface area contributed by atoms with Crippen molar-refractivity contribution >= 4 is 16.4 Å². The fourth-order valence-electron chi connectivity index (χ4n) is 0.612. The minimum atomic E-state index is -1.17. The molecule has 0 aliphatic heterocycles. The van der Waals surface area contributed by atoms with Crippen molar-refractivity contribution in [3.8, 4) is 11.7 Å². The molecule has 1 aromatic rings. The highest BCUT2D eigenvalue weighted by molar-refractivity contribution is 7.37. The van der Waals surface area contributed by atoms with Crippen LogP contribution in [0.5, 0.6) is 0 Å². The summed E-state index contributed by atoms with van der Waals surface area (Å²) in [6.45, 7) is 0. The van der Waals surface area contributed by atoms with Gasteiger partial charge in [-0.05, 0) is 6.07 Å². The molecule has 0 N–H and O–H groups in total. The Balaban J connectivity index is 3.17. The van der Waals surface area contributed by atoms with E-state index in [1.165, 1.54) is 6.07 Å². The average Bonchev–Trinajstić information content (AvgIpc) is 2.33. The number of carbonyl (C=O) groups is 1. The standard InChI is InChI=1S/C7H4O2S/c1-2-10-5-3-4-6(10)7(8)9/h1,3-5H. The number of carbonyl (C=O) groups excluding carboxylic acids is 1. The summed E-state index contributed by atoms with van der Waals surface area (Å²) in [5.74, 6) is -1.17. The first kappa shape index (κ1) is 6.84. The van der Waals surface area contributed by atoms with Crippen LogP contribution in [0.15, 0.2) is 17.5 Å². The normalized spacial score (nSPS) is 10.5. The molecule has 0 aromatic carbocycles. The molecule has 3 heteroatoms. The number of carboxylic acid groups (broad SMARTS) is 1. The Hall–Kier alpha value is -1.27. The van der Waals surface area contributed by atoms with Crippen LogP contribution in [0.4, 0.5) is 0 Å². The zero-order valence-electron chi connectivity index (χ0n) is 5.03. The molecule has 0 bridgehead atoms. The largest absolute Gasteiger partial charge is 0.540 e. The highest BCUT2D eigenvalue weighted by Gasteiger charge is 2.10. The molecule has 1 aromatic heterocycles. The van der Waals surface area contributed by atoms with Gasteiger partial charge < -0.3 is 9.90 Å². The molecule has 1 unspecified atom stereocenters. The maximum absolute atomic E-state index is 10.3. The Kier molecular flexibility index (Phi) is 1.74. The first-order chi connectivity index (χ1) is 4.75. The van der Waals surface area contributed by atoms with Gasteiger partial charge in [0.05, 0.1) is 10.5 Å². The van der Waals surface area contributed by atoms with E-state index in [4.69, 9.17) is 6.42 Å². The molecule has 1 heterocycles. The number of carboxylic acids is 1. The SMILES string of the molecule is C#C[s+]1cccc1C(=O)[O-]. The van der Waals surface area contributed by atoms with Crippen LogP contribution in [0.25, 0.3) is 0 Å². The lowest BCUT2D eigenvalue weighted by molar-refractivity contribution is -0.254. The number of aromatic carboxylic acids is 1. The number of hydrogen-bond acceptors (Lipinski definition) is 2. The van der Waals surface area contributed by atoms with Crippen molar-refractivity contribution < 1.29 is 9.90 Å². The van der Waals surface area contributed by atoms with E-state index in [-0.39, 0.29) is 4.88 Å². The smallest absolute Gasteiger partial charge is 0.211 e. The Labute approximate surface area is 61.1 Å². The van der Waals surface area contributed by atoms with Gasteiger partial charge in [0.25, 0.3) is 0 Å². The Morgan fingerprint density at radius 2 is 2.50 bits per heavy atom. The third-order valence-corrected chi connectivity index (χ3v) is 2.49. The summed E-state index contributed by atoms with van der Waals surface area (Å²) in [4.78, 5) is 10.5. The fraction of sp³-hybridized carbons (Fsp3) is 0. The summed E-state index contributed by atoms with van der Waals surface area (Å²) >= 11 is 0. The van der Waals surface area contributed by atoms with E-state index >= 15 is 0 Å².